The molecule has 0 aliphatic carbocycles. The Labute approximate surface area is 173 Å². The summed E-state index contributed by atoms with van der Waals surface area (Å²) < 4.78 is 5.72. The molecule has 30 heavy (non-hydrogen) atoms. The van der Waals surface area contributed by atoms with Crippen molar-refractivity contribution in [3.8, 4) is 11.5 Å². The summed E-state index contributed by atoms with van der Waals surface area (Å²) >= 11 is 0. The average molecular weight is 400 g/mol. The van der Waals surface area contributed by atoms with Gasteiger partial charge in [0.1, 0.15) is 22.8 Å². The third-order valence-electron chi connectivity index (χ3n) is 4.72. The van der Waals surface area contributed by atoms with Gasteiger partial charge in [-0.15, -0.1) is 0 Å². The Morgan fingerprint density at radius 3 is 2.17 bits per heavy atom. The minimum atomic E-state index is -0.655. The Bertz CT molecular complexity index is 1080. The van der Waals surface area contributed by atoms with Crippen LogP contribution in [0.25, 0.3) is 0 Å². The summed E-state index contributed by atoms with van der Waals surface area (Å²) in [5, 5.41) is 15.8. The van der Waals surface area contributed by atoms with Crippen LogP contribution in [0.2, 0.25) is 0 Å². The van der Waals surface area contributed by atoms with Crippen molar-refractivity contribution in [2.24, 2.45) is 0 Å². The van der Waals surface area contributed by atoms with Gasteiger partial charge in [0.25, 0.3) is 11.8 Å². The van der Waals surface area contributed by atoms with Crippen molar-refractivity contribution in [3.63, 3.8) is 0 Å². The topological polar surface area (TPSA) is 87.7 Å². The first-order valence-electron chi connectivity index (χ1n) is 9.52. The van der Waals surface area contributed by atoms with Crippen LogP contribution in [0.1, 0.15) is 5.56 Å². The van der Waals surface area contributed by atoms with Crippen LogP contribution in [0.15, 0.2) is 96.3 Å². The van der Waals surface area contributed by atoms with E-state index in [0.29, 0.717) is 23.6 Å². The van der Waals surface area contributed by atoms with Crippen LogP contribution in [-0.4, -0.2) is 23.0 Å². The molecule has 1 atom stereocenters. The SMILES string of the molecule is O=C(Nc1ccc(Oc2ccccc2)cc1)C1=C(O)C(Cc2ccccc2)NC1=O. The van der Waals surface area contributed by atoms with Gasteiger partial charge in [0, 0.05) is 5.69 Å². The molecule has 1 aliphatic heterocycles. The largest absolute Gasteiger partial charge is 0.509 e. The van der Waals surface area contributed by atoms with Crippen LogP contribution >= 0.6 is 0 Å². The van der Waals surface area contributed by atoms with Crippen molar-refractivity contribution >= 4 is 17.5 Å². The van der Waals surface area contributed by atoms with Crippen molar-refractivity contribution in [2.45, 2.75) is 12.5 Å². The lowest BCUT2D eigenvalue weighted by molar-refractivity contribution is -0.120. The molecule has 6 heteroatoms. The molecular formula is C24H20N2O4. The van der Waals surface area contributed by atoms with Crippen molar-refractivity contribution < 1.29 is 19.4 Å². The number of nitrogens with one attached hydrogen (secondary N) is 2. The predicted octanol–water partition coefficient (Wildman–Crippen LogP) is 3.97. The molecule has 2 amide bonds. The van der Waals surface area contributed by atoms with E-state index in [1.807, 2.05) is 60.7 Å². The smallest absolute Gasteiger partial charge is 0.264 e. The molecule has 0 aromatic heterocycles. The van der Waals surface area contributed by atoms with Gasteiger partial charge in [-0.3, -0.25) is 9.59 Å². The minimum Gasteiger partial charge on any atom is -0.509 e. The van der Waals surface area contributed by atoms with Gasteiger partial charge < -0.3 is 20.5 Å². The molecule has 6 nitrogen and oxygen atoms in total. The van der Waals surface area contributed by atoms with Gasteiger partial charge in [0.15, 0.2) is 0 Å². The van der Waals surface area contributed by atoms with Crippen molar-refractivity contribution in [2.75, 3.05) is 5.32 Å². The van der Waals surface area contributed by atoms with Gasteiger partial charge in [-0.25, -0.2) is 0 Å². The Morgan fingerprint density at radius 1 is 0.900 bits per heavy atom. The standard InChI is InChI=1S/C24H20N2O4/c27-22-20(15-16-7-3-1-4-8-16)26-24(29)21(22)23(28)25-17-11-13-19(14-12-17)30-18-9-5-2-6-10-18/h1-14,20,27H,15H2,(H,25,28)(H,26,29). The number of anilines is 1. The molecular weight excluding hydrogens is 380 g/mol. The van der Waals surface area contributed by atoms with Crippen LogP contribution < -0.4 is 15.4 Å². The van der Waals surface area contributed by atoms with E-state index in [0.717, 1.165) is 5.56 Å². The quantitative estimate of drug-likeness (QED) is 0.547. The number of para-hydroxylation sites is 1. The zero-order valence-electron chi connectivity index (χ0n) is 16.0. The van der Waals surface area contributed by atoms with Gasteiger partial charge in [-0.1, -0.05) is 48.5 Å². The van der Waals surface area contributed by atoms with E-state index in [1.165, 1.54) is 0 Å². The first-order valence-corrected chi connectivity index (χ1v) is 9.52. The van der Waals surface area contributed by atoms with E-state index >= 15 is 0 Å². The summed E-state index contributed by atoms with van der Waals surface area (Å²) in [4.78, 5) is 24.9. The second-order valence-electron chi connectivity index (χ2n) is 6.87. The number of hydrogen-bond acceptors (Lipinski definition) is 4. The van der Waals surface area contributed by atoms with E-state index < -0.39 is 17.9 Å². The summed E-state index contributed by atoms with van der Waals surface area (Å²) in [7, 11) is 0. The van der Waals surface area contributed by atoms with Crippen LogP contribution in [0.4, 0.5) is 5.69 Å². The van der Waals surface area contributed by atoms with Crippen LogP contribution in [-0.2, 0) is 16.0 Å². The van der Waals surface area contributed by atoms with Gasteiger partial charge >= 0.3 is 0 Å². The number of carbonyl (C=O) groups excluding carboxylic acids is 2. The predicted molar refractivity (Wildman–Crippen MR) is 113 cm³/mol. The molecule has 4 rings (SSSR count). The summed E-state index contributed by atoms with van der Waals surface area (Å²) in [5.74, 6) is -0.170. The number of carbonyl (C=O) groups is 2. The number of amides is 2. The van der Waals surface area contributed by atoms with Crippen LogP contribution in [0, 0.1) is 0 Å². The van der Waals surface area contributed by atoms with Crippen LogP contribution in [0.3, 0.4) is 0 Å². The monoisotopic (exact) mass is 400 g/mol. The lowest BCUT2D eigenvalue weighted by atomic mass is 10.0. The van der Waals surface area contributed by atoms with Gasteiger partial charge in [-0.05, 0) is 48.4 Å². The molecule has 3 aromatic carbocycles. The summed E-state index contributed by atoms with van der Waals surface area (Å²) in [5.41, 5.74) is 1.17. The summed E-state index contributed by atoms with van der Waals surface area (Å²) in [6.07, 6.45) is 0.403. The van der Waals surface area contributed by atoms with E-state index in [9.17, 15) is 14.7 Å². The molecule has 0 fully saturated rings. The highest BCUT2D eigenvalue weighted by atomic mass is 16.5. The Morgan fingerprint density at radius 2 is 1.50 bits per heavy atom. The zero-order valence-corrected chi connectivity index (χ0v) is 16.0. The molecule has 1 heterocycles. The van der Waals surface area contributed by atoms with Crippen molar-refractivity contribution in [1.29, 1.82) is 0 Å². The van der Waals surface area contributed by atoms with E-state index in [-0.39, 0.29) is 11.3 Å². The molecule has 0 saturated carbocycles. The normalized spacial score (nSPS) is 15.6. The third-order valence-corrected chi connectivity index (χ3v) is 4.72. The summed E-state index contributed by atoms with van der Waals surface area (Å²) in [6.45, 7) is 0. The third kappa shape index (κ3) is 4.33. The molecule has 0 radical (unpaired) electrons. The maximum absolute atomic E-state index is 12.6. The Balaban J connectivity index is 1.43. The maximum atomic E-state index is 12.6. The first-order chi connectivity index (χ1) is 14.6. The second-order valence-corrected chi connectivity index (χ2v) is 6.87. The number of ether oxygens (including phenoxy) is 1. The molecule has 1 aliphatic rings. The van der Waals surface area contributed by atoms with Crippen molar-refractivity contribution in [1.82, 2.24) is 5.32 Å². The molecule has 1 unspecified atom stereocenters. The Hall–Kier alpha value is -4.06. The number of rotatable bonds is 6. The number of aliphatic hydroxyl groups excluding tert-OH is 1. The van der Waals surface area contributed by atoms with Gasteiger partial charge in [0.2, 0.25) is 0 Å². The Kier molecular flexibility index (Phi) is 5.48. The van der Waals surface area contributed by atoms with Gasteiger partial charge in [-0.2, -0.15) is 0 Å². The highest BCUT2D eigenvalue weighted by Gasteiger charge is 2.36. The fraction of sp³-hybridized carbons (Fsp3) is 0.0833. The molecule has 3 aromatic rings. The number of aliphatic hydroxyl groups is 1. The zero-order chi connectivity index (χ0) is 20.9. The number of benzene rings is 3. The maximum Gasteiger partial charge on any atom is 0.264 e. The fourth-order valence-electron chi connectivity index (χ4n) is 3.23. The molecule has 150 valence electrons. The fourth-order valence-corrected chi connectivity index (χ4v) is 3.23. The average Bonchev–Trinajstić information content (AvgIpc) is 3.04. The highest BCUT2D eigenvalue weighted by molar-refractivity contribution is 6.24. The minimum absolute atomic E-state index is 0.245. The number of hydrogen-bond donors (Lipinski definition) is 3. The lowest BCUT2D eigenvalue weighted by Crippen LogP contribution is -2.31. The second kappa shape index (κ2) is 8.53. The van der Waals surface area contributed by atoms with Gasteiger partial charge in [0.05, 0.1) is 6.04 Å². The summed E-state index contributed by atoms with van der Waals surface area (Å²) in [6, 6.07) is 24.9. The first kappa shape index (κ1) is 19.3. The van der Waals surface area contributed by atoms with Crippen LogP contribution in [0.5, 0.6) is 11.5 Å². The van der Waals surface area contributed by atoms with E-state index in [2.05, 4.69) is 10.6 Å². The van der Waals surface area contributed by atoms with E-state index in [4.69, 9.17) is 4.74 Å². The highest BCUT2D eigenvalue weighted by Crippen LogP contribution is 2.24. The van der Waals surface area contributed by atoms with Crippen molar-refractivity contribution in [3.05, 3.63) is 102 Å². The molecule has 3 N–H and O–H groups in total. The molecule has 0 spiro atoms. The lowest BCUT2D eigenvalue weighted by Gasteiger charge is -2.10. The molecule has 0 saturated heterocycles. The molecule has 0 bridgehead atoms. The van der Waals surface area contributed by atoms with E-state index in [1.54, 1.807) is 24.3 Å².